The summed E-state index contributed by atoms with van der Waals surface area (Å²) in [5.74, 6) is 0.421. The van der Waals surface area contributed by atoms with Gasteiger partial charge in [-0.05, 0) is 48.1 Å². The predicted molar refractivity (Wildman–Crippen MR) is 77.9 cm³/mol. The fourth-order valence-electron chi connectivity index (χ4n) is 2.32. The number of aryl methyl sites for hydroxylation is 1. The largest absolute Gasteiger partial charge is 0.330 e. The molecule has 94 valence electrons. The van der Waals surface area contributed by atoms with Crippen molar-refractivity contribution in [2.75, 3.05) is 6.54 Å². The lowest BCUT2D eigenvalue weighted by atomic mass is 9.91. The maximum absolute atomic E-state index is 5.80. The van der Waals surface area contributed by atoms with E-state index < -0.39 is 0 Å². The van der Waals surface area contributed by atoms with Crippen molar-refractivity contribution in [1.82, 2.24) is 0 Å². The van der Waals surface area contributed by atoms with Gasteiger partial charge in [-0.25, -0.2) is 0 Å². The average Bonchev–Trinajstić information content (AvgIpc) is 2.41. The Balaban J connectivity index is 2.32. The van der Waals surface area contributed by atoms with Crippen molar-refractivity contribution in [3.63, 3.8) is 0 Å². The highest BCUT2D eigenvalue weighted by atomic mass is 14.5. The van der Waals surface area contributed by atoms with E-state index in [1.165, 1.54) is 22.3 Å². The van der Waals surface area contributed by atoms with Crippen molar-refractivity contribution in [3.8, 4) is 0 Å². The van der Waals surface area contributed by atoms with Crippen LogP contribution < -0.4 is 5.73 Å². The molecule has 0 spiro atoms. The summed E-state index contributed by atoms with van der Waals surface area (Å²) in [5, 5.41) is 0. The van der Waals surface area contributed by atoms with Gasteiger partial charge in [0, 0.05) is 0 Å². The van der Waals surface area contributed by atoms with Crippen LogP contribution in [0.15, 0.2) is 48.5 Å². The van der Waals surface area contributed by atoms with Gasteiger partial charge in [0.1, 0.15) is 0 Å². The van der Waals surface area contributed by atoms with Crippen LogP contribution in [0.5, 0.6) is 0 Å². The molecule has 0 saturated heterocycles. The van der Waals surface area contributed by atoms with E-state index in [1.807, 2.05) is 0 Å². The highest BCUT2D eigenvalue weighted by molar-refractivity contribution is 5.37. The molecule has 0 fully saturated rings. The van der Waals surface area contributed by atoms with Crippen LogP contribution in [0.25, 0.3) is 0 Å². The Morgan fingerprint density at radius 1 is 0.944 bits per heavy atom. The first-order chi connectivity index (χ1) is 8.72. The minimum absolute atomic E-state index is 0.421. The number of benzene rings is 2. The van der Waals surface area contributed by atoms with Gasteiger partial charge in [-0.15, -0.1) is 0 Å². The zero-order chi connectivity index (χ0) is 13.0. The quantitative estimate of drug-likeness (QED) is 0.866. The van der Waals surface area contributed by atoms with Gasteiger partial charge in [0.15, 0.2) is 0 Å². The first-order valence-electron chi connectivity index (χ1n) is 6.54. The Kier molecular flexibility index (Phi) is 4.16. The molecule has 0 bridgehead atoms. The Morgan fingerprint density at radius 3 is 2.22 bits per heavy atom. The Bertz CT molecular complexity index is 517. The average molecular weight is 239 g/mol. The van der Waals surface area contributed by atoms with E-state index >= 15 is 0 Å². The fourth-order valence-corrected chi connectivity index (χ4v) is 2.32. The molecule has 0 amide bonds. The predicted octanol–water partition coefficient (Wildman–Crippen LogP) is 3.65. The summed E-state index contributed by atoms with van der Waals surface area (Å²) in [4.78, 5) is 0. The van der Waals surface area contributed by atoms with Gasteiger partial charge < -0.3 is 5.73 Å². The first kappa shape index (κ1) is 12.8. The number of hydrogen-bond acceptors (Lipinski definition) is 1. The smallest absolute Gasteiger partial charge is 0.00108 e. The molecular weight excluding hydrogens is 218 g/mol. The third-order valence-electron chi connectivity index (χ3n) is 3.58. The van der Waals surface area contributed by atoms with Gasteiger partial charge in [0.25, 0.3) is 0 Å². The SMILES string of the molecule is Cc1ccccc1Cc1ccccc1C(C)CN. The van der Waals surface area contributed by atoms with Crippen molar-refractivity contribution >= 4 is 0 Å². The van der Waals surface area contributed by atoms with Gasteiger partial charge in [0.2, 0.25) is 0 Å². The van der Waals surface area contributed by atoms with Crippen LogP contribution in [-0.4, -0.2) is 6.54 Å². The summed E-state index contributed by atoms with van der Waals surface area (Å²) < 4.78 is 0. The molecule has 0 aliphatic carbocycles. The van der Waals surface area contributed by atoms with Crippen molar-refractivity contribution in [2.24, 2.45) is 5.73 Å². The monoisotopic (exact) mass is 239 g/mol. The molecule has 0 aliphatic rings. The molecule has 0 heterocycles. The molecule has 2 rings (SSSR count). The third kappa shape index (κ3) is 2.80. The molecule has 2 aromatic carbocycles. The zero-order valence-electron chi connectivity index (χ0n) is 11.2. The van der Waals surface area contributed by atoms with Gasteiger partial charge in [-0.2, -0.15) is 0 Å². The fraction of sp³-hybridized carbons (Fsp3) is 0.294. The minimum Gasteiger partial charge on any atom is -0.330 e. The maximum atomic E-state index is 5.80. The Labute approximate surface area is 110 Å². The van der Waals surface area contributed by atoms with Crippen LogP contribution in [0.2, 0.25) is 0 Å². The molecular formula is C17H21N. The molecule has 0 aromatic heterocycles. The van der Waals surface area contributed by atoms with E-state index in [2.05, 4.69) is 62.4 Å². The third-order valence-corrected chi connectivity index (χ3v) is 3.58. The molecule has 1 unspecified atom stereocenters. The summed E-state index contributed by atoms with van der Waals surface area (Å²) in [5.41, 5.74) is 11.3. The van der Waals surface area contributed by atoms with Crippen LogP contribution in [-0.2, 0) is 6.42 Å². The molecule has 0 radical (unpaired) electrons. The second-order valence-corrected chi connectivity index (χ2v) is 4.94. The lowest BCUT2D eigenvalue weighted by Crippen LogP contribution is -2.11. The van der Waals surface area contributed by atoms with Gasteiger partial charge in [0.05, 0.1) is 0 Å². The molecule has 1 heteroatoms. The van der Waals surface area contributed by atoms with Gasteiger partial charge in [-0.3, -0.25) is 0 Å². The van der Waals surface area contributed by atoms with E-state index in [9.17, 15) is 0 Å². The molecule has 2 N–H and O–H groups in total. The number of rotatable bonds is 4. The van der Waals surface area contributed by atoms with Gasteiger partial charge in [-0.1, -0.05) is 55.5 Å². The van der Waals surface area contributed by atoms with Crippen molar-refractivity contribution in [1.29, 1.82) is 0 Å². The van der Waals surface area contributed by atoms with Crippen LogP contribution in [0.3, 0.4) is 0 Å². The molecule has 18 heavy (non-hydrogen) atoms. The molecule has 1 nitrogen and oxygen atoms in total. The van der Waals surface area contributed by atoms with E-state index in [4.69, 9.17) is 5.73 Å². The number of hydrogen-bond donors (Lipinski definition) is 1. The summed E-state index contributed by atoms with van der Waals surface area (Å²) in [6.07, 6.45) is 0.993. The van der Waals surface area contributed by atoms with Crippen molar-refractivity contribution in [2.45, 2.75) is 26.2 Å². The maximum Gasteiger partial charge on any atom is -0.00108 e. The summed E-state index contributed by atoms with van der Waals surface area (Å²) >= 11 is 0. The van der Waals surface area contributed by atoms with E-state index in [-0.39, 0.29) is 0 Å². The van der Waals surface area contributed by atoms with Crippen LogP contribution in [0.1, 0.15) is 35.1 Å². The van der Waals surface area contributed by atoms with E-state index in [1.54, 1.807) is 0 Å². The molecule has 1 atom stereocenters. The second-order valence-electron chi connectivity index (χ2n) is 4.94. The van der Waals surface area contributed by atoms with Crippen LogP contribution in [0.4, 0.5) is 0 Å². The summed E-state index contributed by atoms with van der Waals surface area (Å²) in [6.45, 7) is 5.06. The second kappa shape index (κ2) is 5.83. The highest BCUT2D eigenvalue weighted by Gasteiger charge is 2.09. The van der Waals surface area contributed by atoms with Crippen molar-refractivity contribution in [3.05, 3.63) is 70.8 Å². The Morgan fingerprint density at radius 2 is 1.56 bits per heavy atom. The number of nitrogens with two attached hydrogens (primary N) is 1. The van der Waals surface area contributed by atoms with Crippen molar-refractivity contribution < 1.29 is 0 Å². The van der Waals surface area contributed by atoms with E-state index in [0.717, 1.165) is 6.42 Å². The molecule has 0 aliphatic heterocycles. The molecule has 2 aromatic rings. The van der Waals surface area contributed by atoms with E-state index in [0.29, 0.717) is 12.5 Å². The Hall–Kier alpha value is -1.60. The molecule has 0 saturated carbocycles. The van der Waals surface area contributed by atoms with Gasteiger partial charge >= 0.3 is 0 Å². The minimum atomic E-state index is 0.421. The summed E-state index contributed by atoms with van der Waals surface area (Å²) in [6, 6.07) is 17.2. The summed E-state index contributed by atoms with van der Waals surface area (Å²) in [7, 11) is 0. The van der Waals surface area contributed by atoms with Crippen LogP contribution in [0, 0.1) is 6.92 Å². The lowest BCUT2D eigenvalue weighted by molar-refractivity contribution is 0.763. The highest BCUT2D eigenvalue weighted by Crippen LogP contribution is 2.22. The van der Waals surface area contributed by atoms with Crippen LogP contribution >= 0.6 is 0 Å². The zero-order valence-corrected chi connectivity index (χ0v) is 11.2. The normalized spacial score (nSPS) is 12.4. The lowest BCUT2D eigenvalue weighted by Gasteiger charge is -2.15. The first-order valence-corrected chi connectivity index (χ1v) is 6.54. The standard InChI is InChI=1S/C17H21N/c1-13-7-3-4-8-15(13)11-16-9-5-6-10-17(16)14(2)12-18/h3-10,14H,11-12,18H2,1-2H3. The topological polar surface area (TPSA) is 26.0 Å².